The standard InChI is InChI=1S/C85H94S4/c1-12-17-21-25-30-59-34-40-72(86-59)66-48-53-44-57(84(6,7)8)45-54-49-69(73-41-35-60(87-73)31-26-22-18-13-2)79-63-38-39-65-78(67(63)52-68(66)82(79)76(53)54)64(29-16-5)80-70(74-42-36-61(88-74)32-27-23-19-14-3)50-55-46-58(85(9,10)11)47-56-51-71(81(65)83(80)77(55)56)75-43-37-62(89-75)33-28-24-20-15-4/h16,29,34-52H,12-15,17-28,30-33H2,1-11H3/b29-16-. The average molecular weight is 1240 g/mol. The lowest BCUT2D eigenvalue weighted by Crippen LogP contribution is -2.11. The van der Waals surface area contributed by atoms with Gasteiger partial charge in [-0.15, -0.1) is 45.3 Å². The zero-order chi connectivity index (χ0) is 61.7. The molecular formula is C85H94S4. The van der Waals surface area contributed by atoms with Crippen LogP contribution in [0.4, 0.5) is 0 Å². The van der Waals surface area contributed by atoms with Crippen molar-refractivity contribution in [3.63, 3.8) is 0 Å². The Morgan fingerprint density at radius 1 is 0.303 bits per heavy atom. The van der Waals surface area contributed by atoms with Crippen molar-refractivity contribution < 1.29 is 0 Å². The van der Waals surface area contributed by atoms with Gasteiger partial charge in [-0.25, -0.2) is 0 Å². The number of fused-ring (bicyclic) bond motifs is 5. The van der Waals surface area contributed by atoms with E-state index in [1.54, 1.807) is 0 Å². The summed E-state index contributed by atoms with van der Waals surface area (Å²) in [4.78, 5) is 11.5. The van der Waals surface area contributed by atoms with Crippen molar-refractivity contribution in [2.24, 2.45) is 0 Å². The second-order valence-corrected chi connectivity index (χ2v) is 33.1. The summed E-state index contributed by atoms with van der Waals surface area (Å²) < 4.78 is 0. The van der Waals surface area contributed by atoms with Crippen LogP contribution < -0.4 is 0 Å². The molecule has 89 heavy (non-hydrogen) atoms. The van der Waals surface area contributed by atoms with Crippen molar-refractivity contribution in [3.05, 3.63) is 158 Å². The summed E-state index contributed by atoms with van der Waals surface area (Å²) in [5, 5.41) is 22.1. The SMILES string of the molecule is C/C=C\c1c2c(-c3ccc(CCCCCC)s3)cc3cc(C(C)(C)C)cc4cc(-c5ccc(CCCCCC)s5)c(c5ccc6c(cc7c(-c8ccc(CCCCCC)s8)cc8cc(C(C)(C)C)cc9cc(-c%10ccc(CCCCCC)s%10)c6c7c89)c15)c2c34. The first-order valence-electron chi connectivity index (χ1n) is 34.6. The molecule has 9 aromatic carbocycles. The third-order valence-electron chi connectivity index (χ3n) is 19.7. The molecule has 0 N–H and O–H groups in total. The van der Waals surface area contributed by atoms with Crippen molar-refractivity contribution in [2.75, 3.05) is 0 Å². The van der Waals surface area contributed by atoms with E-state index in [9.17, 15) is 0 Å². The molecule has 458 valence electrons. The van der Waals surface area contributed by atoms with Gasteiger partial charge in [0.1, 0.15) is 0 Å². The van der Waals surface area contributed by atoms with Crippen LogP contribution in [0.5, 0.6) is 0 Å². The Bertz CT molecular complexity index is 4660. The summed E-state index contributed by atoms with van der Waals surface area (Å²) in [6.45, 7) is 25.9. The number of allylic oxidation sites excluding steroid dienone is 1. The number of aryl methyl sites for hydroxylation is 4. The lowest BCUT2D eigenvalue weighted by Gasteiger charge is -2.26. The summed E-state index contributed by atoms with van der Waals surface area (Å²) in [7, 11) is 0. The van der Waals surface area contributed by atoms with E-state index in [1.165, 1.54) is 267 Å². The molecule has 0 saturated heterocycles. The Kier molecular flexibility index (Phi) is 18.1. The summed E-state index contributed by atoms with van der Waals surface area (Å²) in [6, 6.07) is 48.4. The fourth-order valence-electron chi connectivity index (χ4n) is 14.9. The van der Waals surface area contributed by atoms with Gasteiger partial charge in [-0.3, -0.25) is 0 Å². The van der Waals surface area contributed by atoms with E-state index in [0.29, 0.717) is 0 Å². The van der Waals surface area contributed by atoms with Crippen LogP contribution in [-0.2, 0) is 36.5 Å². The van der Waals surface area contributed by atoms with Crippen LogP contribution in [0.1, 0.15) is 215 Å². The Balaban J connectivity index is 1.21. The minimum atomic E-state index is -0.0233. The maximum atomic E-state index is 2.71. The largest absolute Gasteiger partial charge is 0.140 e. The highest BCUT2D eigenvalue weighted by Gasteiger charge is 2.29. The summed E-state index contributed by atoms with van der Waals surface area (Å²) in [5.74, 6) is 0. The molecule has 4 aromatic heterocycles. The lowest BCUT2D eigenvalue weighted by atomic mass is 9.78. The number of hydrogen-bond acceptors (Lipinski definition) is 4. The van der Waals surface area contributed by atoms with Gasteiger partial charge in [-0.2, -0.15) is 0 Å². The summed E-state index contributed by atoms with van der Waals surface area (Å²) >= 11 is 8.18. The molecule has 4 heterocycles. The van der Waals surface area contributed by atoms with Gasteiger partial charge in [0.15, 0.2) is 0 Å². The first-order chi connectivity index (χ1) is 43.2. The van der Waals surface area contributed by atoms with E-state index in [1.807, 2.05) is 45.3 Å². The molecule has 0 atom stereocenters. The molecule has 0 aliphatic rings. The van der Waals surface area contributed by atoms with E-state index >= 15 is 0 Å². The van der Waals surface area contributed by atoms with Gasteiger partial charge in [0.05, 0.1) is 0 Å². The smallest absolute Gasteiger partial charge is 0.0352 e. The minimum absolute atomic E-state index is 0.0163. The van der Waals surface area contributed by atoms with Gasteiger partial charge in [-0.1, -0.05) is 195 Å². The van der Waals surface area contributed by atoms with Crippen molar-refractivity contribution in [3.8, 4) is 41.8 Å². The average Bonchev–Trinajstić information content (AvgIpc) is 0.970. The molecule has 0 unspecified atom stereocenters. The molecule has 0 aliphatic heterocycles. The number of thiophene rings is 4. The zero-order valence-corrected chi connectivity index (χ0v) is 58.7. The van der Waals surface area contributed by atoms with Crippen molar-refractivity contribution >= 4 is 138 Å². The van der Waals surface area contributed by atoms with Gasteiger partial charge < -0.3 is 0 Å². The molecule has 4 heteroatoms. The predicted molar refractivity (Wildman–Crippen MR) is 406 cm³/mol. The molecule has 0 aliphatic carbocycles. The van der Waals surface area contributed by atoms with Crippen LogP contribution >= 0.6 is 45.3 Å². The second kappa shape index (κ2) is 26.0. The molecule has 0 spiro atoms. The number of hydrogen-bond donors (Lipinski definition) is 0. The van der Waals surface area contributed by atoms with Crippen LogP contribution in [0.3, 0.4) is 0 Å². The van der Waals surface area contributed by atoms with Gasteiger partial charge >= 0.3 is 0 Å². The van der Waals surface area contributed by atoms with Gasteiger partial charge in [0, 0.05) is 61.3 Å². The third-order valence-corrected chi connectivity index (χ3v) is 24.4. The maximum absolute atomic E-state index is 2.71. The highest BCUT2D eigenvalue weighted by molar-refractivity contribution is 7.16. The van der Waals surface area contributed by atoms with Gasteiger partial charge in [-0.05, 0) is 251 Å². The fraction of sp³-hybridized carbons (Fsp3) is 0.388. The first-order valence-corrected chi connectivity index (χ1v) is 37.8. The third kappa shape index (κ3) is 11.9. The first kappa shape index (κ1) is 62.0. The highest BCUT2D eigenvalue weighted by Crippen LogP contribution is 2.56. The monoisotopic (exact) mass is 1240 g/mol. The molecule has 13 aromatic rings. The number of rotatable bonds is 25. The lowest BCUT2D eigenvalue weighted by molar-refractivity contribution is 0.591. The molecular weight excluding hydrogens is 1150 g/mol. The Morgan fingerprint density at radius 3 is 1.06 bits per heavy atom. The van der Waals surface area contributed by atoms with Crippen LogP contribution in [0.25, 0.3) is 134 Å². The Hall–Kier alpha value is -5.88. The Morgan fingerprint density at radius 2 is 0.663 bits per heavy atom. The van der Waals surface area contributed by atoms with Gasteiger partial charge in [0.2, 0.25) is 0 Å². The molecule has 13 rings (SSSR count). The molecule has 0 bridgehead atoms. The second-order valence-electron chi connectivity index (χ2n) is 28.4. The molecule has 0 nitrogen and oxygen atoms in total. The molecule has 0 radical (unpaired) electrons. The van der Waals surface area contributed by atoms with Crippen LogP contribution in [-0.4, -0.2) is 0 Å². The van der Waals surface area contributed by atoms with Crippen LogP contribution in [0.15, 0.2) is 121 Å². The quantitative estimate of drug-likeness (QED) is 0.0304. The summed E-state index contributed by atoms with van der Waals surface area (Å²) in [6.07, 6.45) is 29.8. The Labute approximate surface area is 548 Å². The van der Waals surface area contributed by atoms with Crippen LogP contribution in [0, 0.1) is 0 Å². The van der Waals surface area contributed by atoms with Crippen molar-refractivity contribution in [1.82, 2.24) is 0 Å². The summed E-state index contributed by atoms with van der Waals surface area (Å²) in [5.41, 5.74) is 9.59. The molecule has 0 saturated carbocycles. The van der Waals surface area contributed by atoms with Crippen LogP contribution in [0.2, 0.25) is 0 Å². The fourth-order valence-corrected chi connectivity index (χ4v) is 19.2. The highest BCUT2D eigenvalue weighted by atomic mass is 32.1. The van der Waals surface area contributed by atoms with Crippen molar-refractivity contribution in [1.29, 1.82) is 0 Å². The maximum Gasteiger partial charge on any atom is 0.0352 e. The number of unbranched alkanes of at least 4 members (excludes halogenated alkanes) is 12. The predicted octanol–water partition coefficient (Wildman–Crippen LogP) is 28.8. The topological polar surface area (TPSA) is 0 Å². The number of benzene rings is 9. The minimum Gasteiger partial charge on any atom is -0.140 e. The van der Waals surface area contributed by atoms with E-state index in [-0.39, 0.29) is 10.8 Å². The zero-order valence-electron chi connectivity index (χ0n) is 55.4. The van der Waals surface area contributed by atoms with Crippen molar-refractivity contribution in [2.45, 2.75) is 215 Å². The van der Waals surface area contributed by atoms with E-state index in [0.717, 1.165) is 25.7 Å². The van der Waals surface area contributed by atoms with E-state index in [4.69, 9.17) is 0 Å². The van der Waals surface area contributed by atoms with E-state index < -0.39 is 0 Å². The van der Waals surface area contributed by atoms with E-state index in [2.05, 4.69) is 204 Å². The molecule has 0 fully saturated rings. The molecule has 0 amide bonds. The van der Waals surface area contributed by atoms with Gasteiger partial charge in [0.25, 0.3) is 0 Å². The normalized spacial score (nSPS) is 12.8.